The van der Waals surface area contributed by atoms with Crippen LogP contribution in [-0.4, -0.2) is 10.8 Å². The highest BCUT2D eigenvalue weighted by molar-refractivity contribution is 5.45. The summed E-state index contributed by atoms with van der Waals surface area (Å²) in [4.78, 5) is 0. The number of nitrogens with two attached hydrogens (primary N) is 3. The topological polar surface area (TPSA) is 98.3 Å². The van der Waals surface area contributed by atoms with Gasteiger partial charge in [-0.15, -0.1) is 0 Å². The van der Waals surface area contributed by atoms with Crippen LogP contribution in [0.3, 0.4) is 0 Å². The van der Waals surface area contributed by atoms with Crippen LogP contribution >= 0.6 is 0 Å². The van der Waals surface area contributed by atoms with Crippen molar-refractivity contribution in [3.8, 4) is 0 Å². The first-order valence-electron chi connectivity index (χ1n) is 5.02. The number of aliphatic hydroxyl groups is 1. The Labute approximate surface area is 94.0 Å². The number of anilines is 1. The van der Waals surface area contributed by atoms with Crippen molar-refractivity contribution in [1.82, 2.24) is 0 Å². The van der Waals surface area contributed by atoms with E-state index in [0.29, 0.717) is 11.4 Å². The third kappa shape index (κ3) is 1.80. The Bertz CT molecular complexity index is 446. The van der Waals surface area contributed by atoms with Crippen LogP contribution in [0.1, 0.15) is 11.5 Å². The summed E-state index contributed by atoms with van der Waals surface area (Å²) in [6.45, 7) is 0. The number of hydrogen-bond acceptors (Lipinski definition) is 4. The predicted molar refractivity (Wildman–Crippen MR) is 64.1 cm³/mol. The lowest BCUT2D eigenvalue weighted by molar-refractivity contribution is 0.0771. The maximum Gasteiger partial charge on any atom is 0.145 e. The molecular formula is C12H15N3O. The molecule has 4 nitrogen and oxygen atoms in total. The van der Waals surface area contributed by atoms with Crippen molar-refractivity contribution >= 4 is 5.69 Å². The lowest BCUT2D eigenvalue weighted by Gasteiger charge is -2.32. The van der Waals surface area contributed by atoms with Crippen molar-refractivity contribution in [2.24, 2.45) is 11.5 Å². The summed E-state index contributed by atoms with van der Waals surface area (Å²) in [6, 6.07) is 7.16. The minimum absolute atomic E-state index is 0.432. The van der Waals surface area contributed by atoms with Gasteiger partial charge in [-0.05, 0) is 29.8 Å². The molecule has 0 radical (unpaired) electrons. The first-order chi connectivity index (χ1) is 7.50. The molecule has 0 bridgehead atoms. The molecule has 84 valence electrons. The first kappa shape index (κ1) is 10.7. The van der Waals surface area contributed by atoms with E-state index in [1.165, 1.54) is 6.08 Å². The maximum atomic E-state index is 10.1. The molecule has 1 aliphatic rings. The monoisotopic (exact) mass is 217 g/mol. The van der Waals surface area contributed by atoms with Gasteiger partial charge < -0.3 is 16.6 Å². The molecule has 0 fully saturated rings. The Morgan fingerprint density at radius 3 is 2.31 bits per heavy atom. The summed E-state index contributed by atoms with van der Waals surface area (Å²) in [5.74, 6) is -0.432. The average Bonchev–Trinajstić information content (AvgIpc) is 2.19. The van der Waals surface area contributed by atoms with E-state index < -0.39 is 11.6 Å². The van der Waals surface area contributed by atoms with E-state index in [9.17, 15) is 5.11 Å². The lowest BCUT2D eigenvalue weighted by atomic mass is 9.83. The SMILES string of the molecule is NC1=CC=CC(N)(O)C1c1ccc(N)cc1. The largest absolute Gasteiger partial charge is 0.401 e. The zero-order valence-electron chi connectivity index (χ0n) is 8.80. The van der Waals surface area contributed by atoms with Crippen LogP contribution in [0.2, 0.25) is 0 Å². The molecule has 1 aliphatic carbocycles. The molecule has 0 saturated heterocycles. The van der Waals surface area contributed by atoms with E-state index >= 15 is 0 Å². The minimum Gasteiger partial charge on any atom is -0.401 e. The van der Waals surface area contributed by atoms with Gasteiger partial charge in [0.1, 0.15) is 5.72 Å². The fourth-order valence-electron chi connectivity index (χ4n) is 1.92. The normalized spacial score (nSPS) is 28.9. The van der Waals surface area contributed by atoms with Crippen molar-refractivity contribution < 1.29 is 5.11 Å². The summed E-state index contributed by atoms with van der Waals surface area (Å²) in [5.41, 5.74) is 17.9. The fourth-order valence-corrected chi connectivity index (χ4v) is 1.92. The van der Waals surface area contributed by atoms with E-state index in [1.54, 1.807) is 24.3 Å². The van der Waals surface area contributed by atoms with Gasteiger partial charge in [0.2, 0.25) is 0 Å². The zero-order chi connectivity index (χ0) is 11.8. The third-order valence-electron chi connectivity index (χ3n) is 2.72. The Hall–Kier alpha value is -1.78. The molecule has 7 N–H and O–H groups in total. The van der Waals surface area contributed by atoms with Gasteiger partial charge in [0.15, 0.2) is 0 Å². The second kappa shape index (κ2) is 3.66. The van der Waals surface area contributed by atoms with E-state index in [2.05, 4.69) is 0 Å². The molecule has 16 heavy (non-hydrogen) atoms. The Balaban J connectivity index is 2.42. The van der Waals surface area contributed by atoms with Crippen molar-refractivity contribution in [2.45, 2.75) is 11.6 Å². The van der Waals surface area contributed by atoms with Crippen LogP contribution in [0.15, 0.2) is 48.2 Å². The Morgan fingerprint density at radius 1 is 1.12 bits per heavy atom. The van der Waals surface area contributed by atoms with Gasteiger partial charge in [-0.25, -0.2) is 0 Å². The van der Waals surface area contributed by atoms with Gasteiger partial charge >= 0.3 is 0 Å². The van der Waals surface area contributed by atoms with Crippen LogP contribution in [0.5, 0.6) is 0 Å². The van der Waals surface area contributed by atoms with E-state index in [4.69, 9.17) is 17.2 Å². The zero-order valence-corrected chi connectivity index (χ0v) is 8.80. The Morgan fingerprint density at radius 2 is 1.75 bits per heavy atom. The molecule has 2 atom stereocenters. The van der Waals surface area contributed by atoms with Crippen molar-refractivity contribution in [3.63, 3.8) is 0 Å². The molecule has 1 aromatic rings. The van der Waals surface area contributed by atoms with Crippen LogP contribution < -0.4 is 17.2 Å². The van der Waals surface area contributed by atoms with Crippen LogP contribution in [0, 0.1) is 0 Å². The molecule has 0 spiro atoms. The molecular weight excluding hydrogens is 202 g/mol. The number of allylic oxidation sites excluding steroid dienone is 2. The fraction of sp³-hybridized carbons (Fsp3) is 0.167. The van der Waals surface area contributed by atoms with Gasteiger partial charge in [0.05, 0.1) is 5.92 Å². The van der Waals surface area contributed by atoms with Crippen LogP contribution in [0.25, 0.3) is 0 Å². The number of rotatable bonds is 1. The highest BCUT2D eigenvalue weighted by Crippen LogP contribution is 2.33. The summed E-state index contributed by atoms with van der Waals surface area (Å²) in [6.07, 6.45) is 4.93. The van der Waals surface area contributed by atoms with Crippen LogP contribution in [0.4, 0.5) is 5.69 Å². The van der Waals surface area contributed by atoms with Crippen molar-refractivity contribution in [1.29, 1.82) is 0 Å². The van der Waals surface area contributed by atoms with Gasteiger partial charge in [0, 0.05) is 11.4 Å². The molecule has 0 aliphatic heterocycles. The number of benzene rings is 1. The summed E-state index contributed by atoms with van der Waals surface area (Å²) >= 11 is 0. The molecule has 0 saturated carbocycles. The van der Waals surface area contributed by atoms with Gasteiger partial charge in [-0.1, -0.05) is 18.2 Å². The van der Waals surface area contributed by atoms with Gasteiger partial charge in [-0.3, -0.25) is 5.73 Å². The molecule has 4 heteroatoms. The van der Waals surface area contributed by atoms with Crippen LogP contribution in [-0.2, 0) is 0 Å². The van der Waals surface area contributed by atoms with E-state index in [0.717, 1.165) is 5.56 Å². The maximum absolute atomic E-state index is 10.1. The highest BCUT2D eigenvalue weighted by atomic mass is 16.3. The number of hydrogen-bond donors (Lipinski definition) is 4. The first-order valence-corrected chi connectivity index (χ1v) is 5.02. The quantitative estimate of drug-likeness (QED) is 0.404. The minimum atomic E-state index is -1.45. The van der Waals surface area contributed by atoms with E-state index in [1.807, 2.05) is 12.1 Å². The van der Waals surface area contributed by atoms with Crippen molar-refractivity contribution in [2.75, 3.05) is 5.73 Å². The smallest absolute Gasteiger partial charge is 0.145 e. The Kier molecular flexibility index (Phi) is 2.46. The molecule has 0 heterocycles. The molecule has 2 rings (SSSR count). The lowest BCUT2D eigenvalue weighted by Crippen LogP contribution is -2.46. The summed E-state index contributed by atoms with van der Waals surface area (Å²) in [5, 5.41) is 10.1. The molecule has 2 unspecified atom stereocenters. The third-order valence-corrected chi connectivity index (χ3v) is 2.72. The highest BCUT2D eigenvalue weighted by Gasteiger charge is 2.34. The van der Waals surface area contributed by atoms with Gasteiger partial charge in [-0.2, -0.15) is 0 Å². The molecule has 1 aromatic carbocycles. The van der Waals surface area contributed by atoms with E-state index in [-0.39, 0.29) is 0 Å². The molecule has 0 aromatic heterocycles. The summed E-state index contributed by atoms with van der Waals surface area (Å²) < 4.78 is 0. The average molecular weight is 217 g/mol. The molecule has 0 amide bonds. The predicted octanol–water partition coefficient (Wildman–Crippen LogP) is 0.412. The summed E-state index contributed by atoms with van der Waals surface area (Å²) in [7, 11) is 0. The van der Waals surface area contributed by atoms with Crippen molar-refractivity contribution in [3.05, 3.63) is 53.8 Å². The second-order valence-electron chi connectivity index (χ2n) is 4.01. The standard InChI is InChI=1S/C12H15N3O/c13-9-5-3-8(4-6-9)11-10(14)2-1-7-12(11,15)16/h1-7,11,16H,13-15H2. The number of nitrogen functional groups attached to an aromatic ring is 1. The van der Waals surface area contributed by atoms with Gasteiger partial charge in [0.25, 0.3) is 0 Å². The second-order valence-corrected chi connectivity index (χ2v) is 4.01.